The number of nitrogens with zero attached hydrogens (tertiary/aromatic N) is 1. The van der Waals surface area contributed by atoms with Crippen molar-refractivity contribution in [2.24, 2.45) is 0 Å². The molecule has 1 amide bonds. The van der Waals surface area contributed by atoms with Crippen molar-refractivity contribution >= 4 is 23.4 Å². The quantitative estimate of drug-likeness (QED) is 0.701. The summed E-state index contributed by atoms with van der Waals surface area (Å²) < 4.78 is 46.1. The van der Waals surface area contributed by atoms with E-state index in [2.05, 4.69) is 5.32 Å². The van der Waals surface area contributed by atoms with Gasteiger partial charge >= 0.3 is 6.18 Å². The first-order valence-corrected chi connectivity index (χ1v) is 9.76. The Bertz CT molecular complexity index is 962. The van der Waals surface area contributed by atoms with Crippen molar-refractivity contribution < 1.29 is 22.7 Å². The molecule has 1 N–H and O–H groups in total. The van der Waals surface area contributed by atoms with Crippen LogP contribution >= 0.6 is 0 Å². The van der Waals surface area contributed by atoms with Crippen LogP contribution in [-0.4, -0.2) is 32.2 Å². The Kier molecular flexibility index (Phi) is 6.51. The predicted octanol–water partition coefficient (Wildman–Crippen LogP) is 5.12. The molecule has 0 aliphatic carbocycles. The normalized spacial score (nSPS) is 14.9. The molecule has 1 heterocycles. The molecule has 3 rings (SSSR count). The van der Waals surface area contributed by atoms with Gasteiger partial charge in [-0.05, 0) is 67.3 Å². The summed E-state index contributed by atoms with van der Waals surface area (Å²) in [5.41, 5.74) is 3.41. The zero-order chi connectivity index (χ0) is 21.9. The van der Waals surface area contributed by atoms with Gasteiger partial charge in [-0.25, -0.2) is 0 Å². The number of halogens is 3. The van der Waals surface area contributed by atoms with Crippen LogP contribution in [-0.2, 0) is 15.7 Å². The SMILES string of the molecule is Cc1cc(C)c(/C=C/C(=O)Nc2ccc(N3CCOCC3)cc2C(F)(F)F)cc1C. The minimum absolute atomic E-state index is 0.258. The molecule has 0 atom stereocenters. The molecule has 160 valence electrons. The largest absolute Gasteiger partial charge is 0.418 e. The van der Waals surface area contributed by atoms with Crippen LogP contribution in [0.2, 0.25) is 0 Å². The van der Waals surface area contributed by atoms with Crippen LogP contribution in [0.1, 0.15) is 27.8 Å². The number of anilines is 2. The highest BCUT2D eigenvalue weighted by Crippen LogP contribution is 2.37. The van der Waals surface area contributed by atoms with E-state index in [9.17, 15) is 18.0 Å². The van der Waals surface area contributed by atoms with Gasteiger partial charge in [0, 0.05) is 24.9 Å². The average Bonchev–Trinajstić information content (AvgIpc) is 2.70. The monoisotopic (exact) mass is 418 g/mol. The Morgan fingerprint density at radius 2 is 1.70 bits per heavy atom. The highest BCUT2D eigenvalue weighted by atomic mass is 19.4. The first kappa shape index (κ1) is 21.9. The third-order valence-electron chi connectivity index (χ3n) is 5.24. The van der Waals surface area contributed by atoms with Gasteiger partial charge in [-0.15, -0.1) is 0 Å². The smallest absolute Gasteiger partial charge is 0.378 e. The van der Waals surface area contributed by atoms with Crippen LogP contribution in [0, 0.1) is 20.8 Å². The van der Waals surface area contributed by atoms with Crippen molar-refractivity contribution in [1.29, 1.82) is 0 Å². The van der Waals surface area contributed by atoms with Gasteiger partial charge in [0.05, 0.1) is 24.5 Å². The van der Waals surface area contributed by atoms with E-state index >= 15 is 0 Å². The third-order valence-corrected chi connectivity index (χ3v) is 5.24. The molecule has 0 spiro atoms. The topological polar surface area (TPSA) is 41.6 Å². The Morgan fingerprint density at radius 1 is 1.03 bits per heavy atom. The Labute approximate surface area is 174 Å². The number of morpholine rings is 1. The van der Waals surface area contributed by atoms with E-state index in [0.717, 1.165) is 28.3 Å². The minimum atomic E-state index is -4.58. The maximum Gasteiger partial charge on any atom is 0.418 e. The second-order valence-electron chi connectivity index (χ2n) is 7.44. The highest BCUT2D eigenvalue weighted by Gasteiger charge is 2.34. The molecule has 0 radical (unpaired) electrons. The summed E-state index contributed by atoms with van der Waals surface area (Å²) in [6.45, 7) is 7.91. The number of ether oxygens (including phenoxy) is 1. The number of amides is 1. The molecule has 7 heteroatoms. The van der Waals surface area contributed by atoms with Gasteiger partial charge in [-0.3, -0.25) is 4.79 Å². The van der Waals surface area contributed by atoms with Crippen LogP contribution in [0.5, 0.6) is 0 Å². The molecular weight excluding hydrogens is 393 g/mol. The lowest BCUT2D eigenvalue weighted by atomic mass is 10.0. The lowest BCUT2D eigenvalue weighted by Crippen LogP contribution is -2.36. The fraction of sp³-hybridized carbons (Fsp3) is 0.348. The van der Waals surface area contributed by atoms with E-state index in [-0.39, 0.29) is 5.69 Å². The second-order valence-corrected chi connectivity index (χ2v) is 7.44. The molecule has 2 aromatic carbocycles. The van der Waals surface area contributed by atoms with Crippen molar-refractivity contribution in [1.82, 2.24) is 0 Å². The summed E-state index contributed by atoms with van der Waals surface area (Å²) >= 11 is 0. The number of hydrogen-bond donors (Lipinski definition) is 1. The van der Waals surface area contributed by atoms with Gasteiger partial charge in [0.2, 0.25) is 5.91 Å². The van der Waals surface area contributed by atoms with E-state index in [1.165, 1.54) is 12.1 Å². The standard InChI is InChI=1S/C23H25F3N2O2/c1-15-12-17(3)18(13-16(15)2)4-7-22(29)27-21-6-5-19(14-20(21)23(24,25)26)28-8-10-30-11-9-28/h4-7,12-14H,8-11H2,1-3H3,(H,27,29)/b7-4+. The number of rotatable bonds is 4. The number of aryl methyl sites for hydroxylation is 3. The summed E-state index contributed by atoms with van der Waals surface area (Å²) in [5, 5.41) is 2.37. The zero-order valence-corrected chi connectivity index (χ0v) is 17.3. The van der Waals surface area contributed by atoms with Gasteiger partial charge in [-0.1, -0.05) is 12.1 Å². The molecule has 0 aromatic heterocycles. The molecular formula is C23H25F3N2O2. The predicted molar refractivity (Wildman–Crippen MR) is 113 cm³/mol. The van der Waals surface area contributed by atoms with Crippen LogP contribution in [0.25, 0.3) is 6.08 Å². The van der Waals surface area contributed by atoms with Crippen LogP contribution in [0.4, 0.5) is 24.5 Å². The first-order valence-electron chi connectivity index (χ1n) is 9.76. The van der Waals surface area contributed by atoms with Gasteiger partial charge in [-0.2, -0.15) is 13.2 Å². The van der Waals surface area contributed by atoms with E-state index in [0.29, 0.717) is 32.0 Å². The van der Waals surface area contributed by atoms with Crippen molar-refractivity contribution in [3.8, 4) is 0 Å². The fourth-order valence-electron chi connectivity index (χ4n) is 3.40. The lowest BCUT2D eigenvalue weighted by Gasteiger charge is -2.29. The number of alkyl halides is 3. The van der Waals surface area contributed by atoms with Crippen LogP contribution in [0.15, 0.2) is 36.4 Å². The molecule has 1 aliphatic heterocycles. The average molecular weight is 418 g/mol. The number of benzene rings is 2. The number of hydrogen-bond acceptors (Lipinski definition) is 3. The van der Waals surface area contributed by atoms with E-state index in [1.54, 1.807) is 12.1 Å². The maximum atomic E-state index is 13.6. The van der Waals surface area contributed by atoms with E-state index in [1.807, 2.05) is 37.8 Å². The molecule has 1 fully saturated rings. The van der Waals surface area contributed by atoms with Crippen molar-refractivity contribution in [3.05, 3.63) is 64.2 Å². The Morgan fingerprint density at radius 3 is 2.37 bits per heavy atom. The van der Waals surface area contributed by atoms with E-state index < -0.39 is 17.6 Å². The van der Waals surface area contributed by atoms with Gasteiger partial charge in [0.25, 0.3) is 0 Å². The van der Waals surface area contributed by atoms with Gasteiger partial charge in [0.15, 0.2) is 0 Å². The van der Waals surface area contributed by atoms with E-state index in [4.69, 9.17) is 4.74 Å². The Balaban J connectivity index is 1.81. The fourth-order valence-corrected chi connectivity index (χ4v) is 3.40. The molecule has 2 aromatic rings. The lowest BCUT2D eigenvalue weighted by molar-refractivity contribution is -0.136. The summed E-state index contributed by atoms with van der Waals surface area (Å²) in [5.74, 6) is -0.614. The van der Waals surface area contributed by atoms with Gasteiger partial charge in [0.1, 0.15) is 0 Å². The summed E-state index contributed by atoms with van der Waals surface area (Å²) in [7, 11) is 0. The molecule has 4 nitrogen and oxygen atoms in total. The summed E-state index contributed by atoms with van der Waals surface area (Å²) in [4.78, 5) is 14.2. The molecule has 1 saturated heterocycles. The number of carbonyl (C=O) groups excluding carboxylic acids is 1. The number of carbonyl (C=O) groups is 1. The Hall–Kier alpha value is -2.80. The second kappa shape index (κ2) is 8.92. The number of nitrogens with one attached hydrogen (secondary N) is 1. The third kappa shape index (κ3) is 5.21. The molecule has 0 saturated carbocycles. The molecule has 30 heavy (non-hydrogen) atoms. The van der Waals surface area contributed by atoms with Crippen LogP contribution in [0.3, 0.4) is 0 Å². The molecule has 0 unspecified atom stereocenters. The first-order chi connectivity index (χ1) is 14.1. The molecule has 0 bridgehead atoms. The van der Waals surface area contributed by atoms with Crippen LogP contribution < -0.4 is 10.2 Å². The maximum absolute atomic E-state index is 13.6. The summed E-state index contributed by atoms with van der Waals surface area (Å²) in [6, 6.07) is 7.94. The van der Waals surface area contributed by atoms with Crippen molar-refractivity contribution in [3.63, 3.8) is 0 Å². The van der Waals surface area contributed by atoms with Crippen molar-refractivity contribution in [2.45, 2.75) is 26.9 Å². The highest BCUT2D eigenvalue weighted by molar-refractivity contribution is 6.02. The molecule has 1 aliphatic rings. The van der Waals surface area contributed by atoms with Gasteiger partial charge < -0.3 is 15.0 Å². The zero-order valence-electron chi connectivity index (χ0n) is 17.3. The van der Waals surface area contributed by atoms with Crippen molar-refractivity contribution in [2.75, 3.05) is 36.5 Å². The summed E-state index contributed by atoms with van der Waals surface area (Å²) in [6.07, 6.45) is -1.71. The minimum Gasteiger partial charge on any atom is -0.378 e.